The molecular formula is C40H43F3N6O8S. The zero-order chi connectivity index (χ0) is 41.7. The van der Waals surface area contributed by atoms with Crippen molar-refractivity contribution >= 4 is 52.3 Å². The Balaban J connectivity index is 0.000000839. The Morgan fingerprint density at radius 3 is 2.43 bits per heavy atom. The summed E-state index contributed by atoms with van der Waals surface area (Å²) in [6.07, 6.45) is 0.893. The number of carboxylic acids is 1. The first-order chi connectivity index (χ1) is 27.8. The number of ether oxygens (including phenoxy) is 2. The maximum atomic E-state index is 13.5. The fourth-order valence-electron chi connectivity index (χ4n) is 5.72. The first kappa shape index (κ1) is 43.1. The molecule has 1 atom stereocenters. The van der Waals surface area contributed by atoms with E-state index >= 15 is 0 Å². The first-order valence-electron chi connectivity index (χ1n) is 18.5. The van der Waals surface area contributed by atoms with Gasteiger partial charge in [0.2, 0.25) is 5.91 Å². The van der Waals surface area contributed by atoms with Gasteiger partial charge in [-0.15, -0.1) is 11.3 Å². The van der Waals surface area contributed by atoms with Gasteiger partial charge in [-0.1, -0.05) is 31.0 Å². The van der Waals surface area contributed by atoms with Crippen molar-refractivity contribution in [1.82, 2.24) is 15.2 Å². The Hall–Kier alpha value is -6.01. The monoisotopic (exact) mass is 824 g/mol. The maximum Gasteiger partial charge on any atom is 0.490 e. The molecule has 1 aromatic heterocycles. The third-order valence-corrected chi connectivity index (χ3v) is 9.54. The summed E-state index contributed by atoms with van der Waals surface area (Å²) >= 11 is 1.49. The molecule has 6 N–H and O–H groups in total. The number of carboxylic acid groups (broad SMARTS) is 1. The maximum absolute atomic E-state index is 13.5. The van der Waals surface area contributed by atoms with Gasteiger partial charge in [0.05, 0.1) is 29.5 Å². The van der Waals surface area contributed by atoms with E-state index in [0.717, 1.165) is 49.8 Å². The number of hydrogen-bond acceptors (Lipinski definition) is 10. The minimum Gasteiger partial charge on any atom is -0.494 e. The number of nitrogens with one attached hydrogen (secondary N) is 3. The lowest BCUT2D eigenvalue weighted by Crippen LogP contribution is -2.42. The quantitative estimate of drug-likeness (QED) is 0.0812. The molecule has 1 aliphatic heterocycles. The highest BCUT2D eigenvalue weighted by Crippen LogP contribution is 2.33. The van der Waals surface area contributed by atoms with Crippen molar-refractivity contribution in [1.29, 1.82) is 0 Å². The van der Waals surface area contributed by atoms with Crippen LogP contribution in [0, 0.1) is 0 Å². The summed E-state index contributed by atoms with van der Waals surface area (Å²) in [5, 5.41) is 17.6. The Labute approximate surface area is 335 Å². The number of hydrogen-bond donors (Lipinski definition) is 5. The predicted molar refractivity (Wildman–Crippen MR) is 209 cm³/mol. The van der Waals surface area contributed by atoms with E-state index in [0.29, 0.717) is 60.1 Å². The molecule has 6 rings (SSSR count). The Morgan fingerprint density at radius 2 is 1.74 bits per heavy atom. The number of halogens is 3. The number of carbonyl (C=O) groups is 5. The van der Waals surface area contributed by atoms with Crippen molar-refractivity contribution in [2.45, 2.75) is 69.8 Å². The molecule has 1 saturated carbocycles. The van der Waals surface area contributed by atoms with Crippen LogP contribution in [-0.2, 0) is 27.3 Å². The minimum atomic E-state index is -5.08. The van der Waals surface area contributed by atoms with Gasteiger partial charge in [0.1, 0.15) is 11.5 Å². The number of alkyl halides is 3. The fourth-order valence-corrected chi connectivity index (χ4v) is 6.29. The molecule has 18 heteroatoms. The average molecular weight is 825 g/mol. The van der Waals surface area contributed by atoms with Crippen molar-refractivity contribution in [3.05, 3.63) is 100 Å². The van der Waals surface area contributed by atoms with Gasteiger partial charge in [0.25, 0.3) is 17.7 Å². The molecule has 2 heterocycles. The number of anilines is 2. The standard InChI is InChI=1S/C38H42N6O6S.C2HF3O2/c39-32(20-29-23-51-24-41-29)37(47)40-16-3-1-2-4-17-49-31-7-5-6-28(19-31)42-36(46)26-10-8-25(9-11-26)21-44(30-13-14-30)38(48)27-12-15-33-34(18-27)50-22-35(45)43-33;3-2(4,5)1(6)7/h5-12,15,18-19,23-24,30,32H,1-4,13-14,16-17,20-22,39H2,(H,40,47)(H,42,46)(H,43,45);(H,6,7)/t32-;/m0./s1. The van der Waals surface area contributed by atoms with Crippen LogP contribution in [0.2, 0.25) is 0 Å². The summed E-state index contributed by atoms with van der Waals surface area (Å²) in [4.78, 5) is 65.2. The highest BCUT2D eigenvalue weighted by molar-refractivity contribution is 7.07. The zero-order valence-corrected chi connectivity index (χ0v) is 32.1. The van der Waals surface area contributed by atoms with Crippen LogP contribution in [0.3, 0.4) is 0 Å². The molecule has 4 amide bonds. The third kappa shape index (κ3) is 13.3. The second kappa shape index (κ2) is 20.4. The SMILES string of the molecule is N[C@@H](Cc1cscn1)C(=O)NCCCCCCOc1cccc(NC(=O)c2ccc(CN(C(=O)c3ccc4c(c3)OCC(=O)N4)C3CC3)cc2)c1.O=C(O)C(F)(F)F. The number of nitrogens with zero attached hydrogens (tertiary/aromatic N) is 2. The van der Waals surface area contributed by atoms with E-state index in [1.807, 2.05) is 40.6 Å². The lowest BCUT2D eigenvalue weighted by Gasteiger charge is -2.24. The number of carbonyl (C=O) groups excluding carboxylic acids is 4. The number of nitrogens with two attached hydrogens (primary N) is 1. The molecule has 1 aliphatic carbocycles. The predicted octanol–water partition coefficient (Wildman–Crippen LogP) is 5.79. The van der Waals surface area contributed by atoms with Gasteiger partial charge in [0.15, 0.2) is 6.61 Å². The molecule has 0 saturated heterocycles. The number of thiazole rings is 1. The van der Waals surface area contributed by atoms with Crippen LogP contribution in [-0.4, -0.2) is 82.6 Å². The zero-order valence-electron chi connectivity index (χ0n) is 31.3. The normalized spacial score (nSPS) is 13.7. The van der Waals surface area contributed by atoms with Crippen LogP contribution in [0.15, 0.2) is 77.6 Å². The topological polar surface area (TPSA) is 202 Å². The van der Waals surface area contributed by atoms with Crippen molar-refractivity contribution in [3.63, 3.8) is 0 Å². The van der Waals surface area contributed by atoms with Crippen molar-refractivity contribution in [2.24, 2.45) is 5.73 Å². The molecule has 2 aliphatic rings. The molecule has 1 fully saturated rings. The van der Waals surface area contributed by atoms with E-state index in [2.05, 4.69) is 20.9 Å². The smallest absolute Gasteiger partial charge is 0.490 e. The molecule has 0 radical (unpaired) electrons. The van der Waals surface area contributed by atoms with Gasteiger partial charge in [-0.25, -0.2) is 9.78 Å². The van der Waals surface area contributed by atoms with Crippen LogP contribution in [0.5, 0.6) is 11.5 Å². The van der Waals surface area contributed by atoms with Crippen LogP contribution in [0.4, 0.5) is 24.5 Å². The van der Waals surface area contributed by atoms with Gasteiger partial charge in [-0.05, 0) is 73.7 Å². The molecule has 0 unspecified atom stereocenters. The van der Waals surface area contributed by atoms with E-state index in [9.17, 15) is 32.3 Å². The van der Waals surface area contributed by atoms with Crippen LogP contribution < -0.4 is 31.2 Å². The number of aliphatic carboxylic acids is 1. The number of amides is 4. The van der Waals surface area contributed by atoms with E-state index in [1.54, 1.807) is 41.9 Å². The van der Waals surface area contributed by atoms with Gasteiger partial charge in [0, 0.05) is 53.8 Å². The summed E-state index contributed by atoms with van der Waals surface area (Å²) < 4.78 is 43.2. The summed E-state index contributed by atoms with van der Waals surface area (Å²) in [5.41, 5.74) is 11.6. The number of aromatic nitrogens is 1. The van der Waals surface area contributed by atoms with Gasteiger partial charge in [-0.2, -0.15) is 13.2 Å². The molecule has 0 bridgehead atoms. The molecule has 58 heavy (non-hydrogen) atoms. The van der Waals surface area contributed by atoms with Crippen LogP contribution >= 0.6 is 11.3 Å². The minimum absolute atomic E-state index is 0.0750. The third-order valence-electron chi connectivity index (χ3n) is 8.90. The number of fused-ring (bicyclic) bond motifs is 1. The summed E-state index contributed by atoms with van der Waals surface area (Å²) in [5.74, 6) is -2.32. The van der Waals surface area contributed by atoms with E-state index in [1.165, 1.54) is 11.3 Å². The largest absolute Gasteiger partial charge is 0.494 e. The van der Waals surface area contributed by atoms with Gasteiger partial charge in [-0.3, -0.25) is 19.2 Å². The summed E-state index contributed by atoms with van der Waals surface area (Å²) in [6, 6.07) is 19.2. The lowest BCUT2D eigenvalue weighted by atomic mass is 10.1. The summed E-state index contributed by atoms with van der Waals surface area (Å²) in [7, 11) is 0. The van der Waals surface area contributed by atoms with Gasteiger partial charge >= 0.3 is 12.1 Å². The van der Waals surface area contributed by atoms with E-state index in [-0.39, 0.29) is 36.3 Å². The molecule has 0 spiro atoms. The van der Waals surface area contributed by atoms with Gasteiger partial charge < -0.3 is 41.2 Å². The molecule has 3 aromatic carbocycles. The van der Waals surface area contributed by atoms with Crippen LogP contribution in [0.1, 0.15) is 70.5 Å². The summed E-state index contributed by atoms with van der Waals surface area (Å²) in [6.45, 7) is 1.47. The fraction of sp³-hybridized carbons (Fsp3) is 0.350. The van der Waals surface area contributed by atoms with Crippen LogP contribution in [0.25, 0.3) is 0 Å². The molecule has 14 nitrogen and oxygen atoms in total. The van der Waals surface area contributed by atoms with Crippen molar-refractivity contribution < 1.29 is 51.7 Å². The highest BCUT2D eigenvalue weighted by Gasteiger charge is 2.38. The number of rotatable bonds is 17. The average Bonchev–Trinajstić information content (AvgIpc) is 3.92. The molecule has 308 valence electrons. The van der Waals surface area contributed by atoms with Crippen molar-refractivity contribution in [2.75, 3.05) is 30.4 Å². The highest BCUT2D eigenvalue weighted by atomic mass is 32.1. The van der Waals surface area contributed by atoms with E-state index in [4.69, 9.17) is 25.1 Å². The number of benzene rings is 3. The first-order valence-corrected chi connectivity index (χ1v) is 19.4. The molecular weight excluding hydrogens is 782 g/mol. The van der Waals surface area contributed by atoms with E-state index < -0.39 is 18.2 Å². The Kier molecular flexibility index (Phi) is 15.2. The number of unbranched alkanes of at least 4 members (excludes halogenated alkanes) is 3. The second-order valence-corrected chi connectivity index (χ2v) is 14.3. The van der Waals surface area contributed by atoms with Crippen molar-refractivity contribution in [3.8, 4) is 11.5 Å². The lowest BCUT2D eigenvalue weighted by molar-refractivity contribution is -0.192. The Morgan fingerprint density at radius 1 is 1.02 bits per heavy atom. The molecule has 4 aromatic rings. The Bertz CT molecular complexity index is 2040. The second-order valence-electron chi connectivity index (χ2n) is 13.5.